The van der Waals surface area contributed by atoms with E-state index in [0.717, 1.165) is 71.0 Å². The maximum atomic E-state index is 14.0. The van der Waals surface area contributed by atoms with Crippen LogP contribution in [0.1, 0.15) is 87.2 Å². The molecule has 3 saturated heterocycles. The van der Waals surface area contributed by atoms with Gasteiger partial charge in [-0.05, 0) is 73.3 Å². The molecule has 15 heteroatoms. The number of nitrogens with one attached hydrogen (secondary N) is 4. The highest BCUT2D eigenvalue weighted by Crippen LogP contribution is 2.54. The van der Waals surface area contributed by atoms with Crippen molar-refractivity contribution in [3.05, 3.63) is 83.7 Å². The molecule has 5 heterocycles. The summed E-state index contributed by atoms with van der Waals surface area (Å²) in [7, 11) is 1.30. The van der Waals surface area contributed by atoms with Crippen molar-refractivity contribution in [3.8, 4) is 22.5 Å². The zero-order valence-electron chi connectivity index (χ0n) is 34.0. The number of nitrogens with zero attached hydrogens (tertiary/aromatic N) is 4. The molecular weight excluding hydrogens is 765 g/mol. The molecule has 4 aromatic rings. The number of benzene rings is 2. The second-order valence-electron chi connectivity index (χ2n) is 17.3. The summed E-state index contributed by atoms with van der Waals surface area (Å²) in [5.41, 5.74) is 5.57. The van der Waals surface area contributed by atoms with Crippen LogP contribution in [-0.2, 0) is 19.1 Å². The third-order valence-electron chi connectivity index (χ3n) is 13.1. The molecule has 5 fully saturated rings. The summed E-state index contributed by atoms with van der Waals surface area (Å²) in [6, 6.07) is 14.8. The molecule has 2 saturated carbocycles. The number of likely N-dealkylation sites (tertiary alicyclic amines) is 2. The number of piperidine rings is 2. The van der Waals surface area contributed by atoms with E-state index in [4.69, 9.17) is 19.4 Å². The van der Waals surface area contributed by atoms with E-state index in [1.807, 2.05) is 72.4 Å². The van der Waals surface area contributed by atoms with Crippen LogP contribution in [0.2, 0.25) is 0 Å². The molecule has 15 nitrogen and oxygen atoms in total. The smallest absolute Gasteiger partial charge is 0.407 e. The summed E-state index contributed by atoms with van der Waals surface area (Å²) in [5.74, 6) is 1.87. The number of imidazole rings is 2. The van der Waals surface area contributed by atoms with Gasteiger partial charge < -0.3 is 45.0 Å². The van der Waals surface area contributed by atoms with E-state index in [0.29, 0.717) is 37.9 Å². The van der Waals surface area contributed by atoms with Crippen LogP contribution in [0.15, 0.2) is 60.9 Å². The summed E-state index contributed by atoms with van der Waals surface area (Å²) in [6.07, 6.45) is 10.9. The number of hydrogen-bond donors (Lipinski definition) is 5. The zero-order valence-corrected chi connectivity index (χ0v) is 34.0. The summed E-state index contributed by atoms with van der Waals surface area (Å²) in [6.45, 7) is 4.88. The molecule has 0 radical (unpaired) electrons. The molecule has 2 aromatic heterocycles. The van der Waals surface area contributed by atoms with Crippen LogP contribution in [0.25, 0.3) is 34.7 Å². The lowest BCUT2D eigenvalue weighted by molar-refractivity contribution is -0.138. The number of aromatic amines is 2. The fourth-order valence-electron chi connectivity index (χ4n) is 9.65. The van der Waals surface area contributed by atoms with Crippen LogP contribution in [-0.4, -0.2) is 103 Å². The highest BCUT2D eigenvalue weighted by atomic mass is 16.5. The number of amides is 4. The van der Waals surface area contributed by atoms with E-state index in [9.17, 15) is 24.3 Å². The molecule has 2 aliphatic carbocycles. The van der Waals surface area contributed by atoms with E-state index in [1.165, 1.54) is 7.11 Å². The molecule has 0 bridgehead atoms. The fourth-order valence-corrected chi connectivity index (χ4v) is 9.65. The van der Waals surface area contributed by atoms with Crippen molar-refractivity contribution in [1.82, 2.24) is 40.4 Å². The monoisotopic (exact) mass is 816 g/mol. The van der Waals surface area contributed by atoms with Crippen molar-refractivity contribution in [1.29, 1.82) is 0 Å². The molecule has 314 valence electrons. The van der Waals surface area contributed by atoms with E-state index in [1.54, 1.807) is 0 Å². The number of carboxylic acid groups (broad SMARTS) is 1. The number of H-pyrrole nitrogens is 2. The van der Waals surface area contributed by atoms with Crippen molar-refractivity contribution in [3.63, 3.8) is 0 Å². The number of aromatic nitrogens is 4. The predicted molar refractivity (Wildman–Crippen MR) is 222 cm³/mol. The molecule has 8 atom stereocenters. The van der Waals surface area contributed by atoms with Crippen molar-refractivity contribution < 1.29 is 33.8 Å². The Morgan fingerprint density at radius 1 is 0.767 bits per heavy atom. The minimum Gasteiger partial charge on any atom is -0.465 e. The number of carbonyl (C=O) groups is 4. The highest BCUT2D eigenvalue weighted by Gasteiger charge is 2.57. The topological polar surface area (TPSA) is 195 Å². The predicted octanol–water partition coefficient (Wildman–Crippen LogP) is 6.40. The quantitative estimate of drug-likeness (QED) is 0.101. The van der Waals surface area contributed by atoms with Crippen molar-refractivity contribution in [2.24, 2.45) is 23.7 Å². The number of alkyl carbamates (subject to hydrolysis) is 1. The Kier molecular flexibility index (Phi) is 10.7. The Morgan fingerprint density at radius 2 is 1.27 bits per heavy atom. The maximum absolute atomic E-state index is 14.0. The molecule has 3 aliphatic heterocycles. The average molecular weight is 817 g/mol. The maximum Gasteiger partial charge on any atom is 0.407 e. The molecule has 4 unspecified atom stereocenters. The Labute approximate surface area is 348 Å². The van der Waals surface area contributed by atoms with Crippen molar-refractivity contribution >= 4 is 36.2 Å². The zero-order chi connectivity index (χ0) is 41.7. The summed E-state index contributed by atoms with van der Waals surface area (Å²) in [4.78, 5) is 71.9. The lowest BCUT2D eigenvalue weighted by Crippen LogP contribution is -2.53. The Bertz CT molecular complexity index is 2260. The number of methoxy groups -OCH3 is 1. The molecule has 60 heavy (non-hydrogen) atoms. The van der Waals surface area contributed by atoms with Crippen molar-refractivity contribution in [2.75, 3.05) is 20.3 Å². The van der Waals surface area contributed by atoms with E-state index >= 15 is 0 Å². The van der Waals surface area contributed by atoms with Crippen LogP contribution < -0.4 is 10.6 Å². The van der Waals surface area contributed by atoms with Crippen molar-refractivity contribution in [2.45, 2.75) is 88.6 Å². The van der Waals surface area contributed by atoms with Crippen LogP contribution in [0.4, 0.5) is 9.59 Å². The van der Waals surface area contributed by atoms with Gasteiger partial charge in [-0.25, -0.2) is 19.6 Å². The number of carbonyl (C=O) groups excluding carboxylic acids is 3. The minimum atomic E-state index is -1.19. The summed E-state index contributed by atoms with van der Waals surface area (Å²) < 4.78 is 10.3. The molecule has 5 N–H and O–H groups in total. The lowest BCUT2D eigenvalue weighted by Gasteiger charge is -2.35. The van der Waals surface area contributed by atoms with Gasteiger partial charge in [0.1, 0.15) is 23.7 Å². The van der Waals surface area contributed by atoms with Gasteiger partial charge in [0.15, 0.2) is 0 Å². The van der Waals surface area contributed by atoms with Crippen LogP contribution in [0, 0.1) is 23.7 Å². The number of rotatable bonds is 12. The lowest BCUT2D eigenvalue weighted by atomic mass is 9.90. The largest absolute Gasteiger partial charge is 0.465 e. The van der Waals surface area contributed by atoms with Gasteiger partial charge in [0.25, 0.3) is 0 Å². The Morgan fingerprint density at radius 3 is 1.73 bits per heavy atom. The highest BCUT2D eigenvalue weighted by molar-refractivity contribution is 5.88. The van der Waals surface area contributed by atoms with Gasteiger partial charge in [0.2, 0.25) is 11.8 Å². The molecule has 9 rings (SSSR count). The minimum absolute atomic E-state index is 0.0980. The summed E-state index contributed by atoms with van der Waals surface area (Å²) in [5, 5.41) is 14.9. The van der Waals surface area contributed by atoms with Gasteiger partial charge in [-0.3, -0.25) is 9.59 Å². The second-order valence-corrected chi connectivity index (χ2v) is 17.3. The number of fused-ring (bicyclic) bond motifs is 2. The first-order chi connectivity index (χ1) is 29.1. The Hall–Kier alpha value is -5.96. The molecule has 5 aliphatic rings. The molecular formula is C45H52N8O7. The third-order valence-corrected chi connectivity index (χ3v) is 13.1. The van der Waals surface area contributed by atoms with Gasteiger partial charge in [-0.15, -0.1) is 0 Å². The van der Waals surface area contributed by atoms with E-state index in [2.05, 4.69) is 44.9 Å². The van der Waals surface area contributed by atoms with E-state index < -0.39 is 24.3 Å². The van der Waals surface area contributed by atoms with Crippen LogP contribution in [0.5, 0.6) is 0 Å². The van der Waals surface area contributed by atoms with Crippen LogP contribution in [0.3, 0.4) is 0 Å². The first kappa shape index (κ1) is 39.5. The first-order valence-corrected chi connectivity index (χ1v) is 21.1. The SMILES string of the molecule is COC(=O)N[C@H](C(=O)N1C(c2nc(-c3ccc(/C=C/c4ccc(-c5c[nH]c([C@@H]6C[C@H]7CC7N6C(=O)[C@@H](NC(=O)O)C6CCOCC6)n5)cc4)cc3)c[nH]2)CC2CC21)C(C)C. The Balaban J connectivity index is 0.828. The first-order valence-electron chi connectivity index (χ1n) is 21.1. The standard InChI is InChI=1S/C45H52N8O7/c1-24(2)38(51-45(58)59-3)42(54)52-34-18-30(34)20-36(52)40-46-22-32(48-40)27-10-6-25(7-11-27)4-5-26-8-12-28(13-9-26)33-23-47-41(49-33)37-21-31-19-35(31)53(37)43(55)39(50-44(56)57)29-14-16-60-17-15-29/h4-13,22-24,29-31,34-39,50H,14-21H2,1-3H3,(H,46,48)(H,47,49)(H,51,58)(H,56,57)/b5-4+/t30?,31-,34?,35?,36?,37+,38+,39+/m1/s1. The second kappa shape index (κ2) is 16.2. The van der Waals surface area contributed by atoms with Gasteiger partial charge in [-0.1, -0.05) is 74.5 Å². The van der Waals surface area contributed by atoms with E-state index in [-0.39, 0.29) is 47.8 Å². The summed E-state index contributed by atoms with van der Waals surface area (Å²) >= 11 is 0. The van der Waals surface area contributed by atoms with Gasteiger partial charge in [-0.2, -0.15) is 0 Å². The number of ether oxygens (including phenoxy) is 2. The van der Waals surface area contributed by atoms with Crippen LogP contribution >= 0.6 is 0 Å². The molecule has 4 amide bonds. The molecule has 0 spiro atoms. The average Bonchev–Trinajstić information content (AvgIpc) is 3.84. The van der Waals surface area contributed by atoms with Gasteiger partial charge in [0.05, 0.1) is 30.6 Å². The van der Waals surface area contributed by atoms with Gasteiger partial charge in [0, 0.05) is 48.8 Å². The molecule has 2 aromatic carbocycles. The van der Waals surface area contributed by atoms with Gasteiger partial charge >= 0.3 is 12.2 Å². The fraction of sp³-hybridized carbons (Fsp3) is 0.467. The normalized spacial score (nSPS) is 25.5. The third kappa shape index (κ3) is 7.89. The number of hydrogen-bond acceptors (Lipinski definition) is 8.